The smallest absolute Gasteiger partial charge is 0.257 e. The Balaban J connectivity index is 1.59. The summed E-state index contributed by atoms with van der Waals surface area (Å²) in [5.41, 5.74) is 2.07. The second-order valence-corrected chi connectivity index (χ2v) is 7.23. The van der Waals surface area contributed by atoms with Gasteiger partial charge in [-0.25, -0.2) is 4.98 Å². The zero-order valence-electron chi connectivity index (χ0n) is 14.4. The van der Waals surface area contributed by atoms with E-state index in [0.717, 1.165) is 10.6 Å². The van der Waals surface area contributed by atoms with Gasteiger partial charge in [-0.05, 0) is 17.7 Å². The van der Waals surface area contributed by atoms with Gasteiger partial charge < -0.3 is 9.88 Å². The van der Waals surface area contributed by atoms with E-state index in [1.165, 1.54) is 40.4 Å². The molecule has 4 aromatic rings. The van der Waals surface area contributed by atoms with Gasteiger partial charge in [-0.15, -0.1) is 11.3 Å². The lowest BCUT2D eigenvalue weighted by Crippen LogP contribution is -2.22. The number of amides is 1. The molecule has 7 nitrogen and oxygen atoms in total. The van der Waals surface area contributed by atoms with Crippen LogP contribution in [0.25, 0.3) is 10.7 Å². The van der Waals surface area contributed by atoms with E-state index in [1.807, 2.05) is 23.6 Å². The van der Waals surface area contributed by atoms with Crippen LogP contribution in [-0.2, 0) is 6.54 Å². The largest absolute Gasteiger partial charge is 0.319 e. The number of H-pyrrole nitrogens is 1. The van der Waals surface area contributed by atoms with Gasteiger partial charge in [-0.3, -0.25) is 14.7 Å². The molecule has 140 valence electrons. The highest BCUT2D eigenvalue weighted by Gasteiger charge is 2.15. The average Bonchev–Trinajstić information content (AvgIpc) is 3.36. The molecule has 0 fully saturated rings. The van der Waals surface area contributed by atoms with Crippen molar-refractivity contribution in [1.29, 1.82) is 0 Å². The lowest BCUT2D eigenvalue weighted by molar-refractivity contribution is 0.102. The summed E-state index contributed by atoms with van der Waals surface area (Å²) >= 11 is 7.61. The first-order chi connectivity index (χ1) is 13.6. The molecule has 0 radical (unpaired) electrons. The molecule has 0 saturated heterocycles. The number of aromatic nitrogens is 4. The van der Waals surface area contributed by atoms with Crippen LogP contribution in [0.1, 0.15) is 15.9 Å². The Kier molecular flexibility index (Phi) is 5.05. The second-order valence-electron chi connectivity index (χ2n) is 5.93. The number of anilines is 1. The molecular weight excluding hydrogens is 398 g/mol. The molecule has 4 rings (SSSR count). The first-order valence-electron chi connectivity index (χ1n) is 8.30. The van der Waals surface area contributed by atoms with Crippen LogP contribution in [0.4, 0.5) is 5.69 Å². The molecule has 0 saturated carbocycles. The number of pyridine rings is 1. The molecule has 1 amide bonds. The highest BCUT2D eigenvalue weighted by atomic mass is 35.5. The van der Waals surface area contributed by atoms with Gasteiger partial charge in [0, 0.05) is 28.9 Å². The lowest BCUT2D eigenvalue weighted by atomic mass is 10.2. The molecule has 0 aliphatic carbocycles. The molecule has 0 spiro atoms. The minimum Gasteiger partial charge on any atom is -0.319 e. The third-order valence-electron chi connectivity index (χ3n) is 4.08. The number of nitrogens with one attached hydrogen (secondary N) is 2. The van der Waals surface area contributed by atoms with E-state index in [1.54, 1.807) is 12.3 Å². The van der Waals surface area contributed by atoms with Gasteiger partial charge in [0.05, 0.1) is 24.0 Å². The Morgan fingerprint density at radius 3 is 2.89 bits per heavy atom. The van der Waals surface area contributed by atoms with E-state index >= 15 is 0 Å². The Labute approximate surface area is 168 Å². The summed E-state index contributed by atoms with van der Waals surface area (Å²) < 4.78 is 1.45. The third kappa shape index (κ3) is 3.73. The number of carbonyl (C=O) groups is 1. The Bertz CT molecular complexity index is 1180. The first kappa shape index (κ1) is 18.1. The Morgan fingerprint density at radius 1 is 1.25 bits per heavy atom. The van der Waals surface area contributed by atoms with Crippen LogP contribution in [0.2, 0.25) is 5.02 Å². The SMILES string of the molecule is O=C(Nc1cn[nH]c1-c1nccs1)c1ccc(=O)n(Cc2ccccc2Cl)c1. The highest BCUT2D eigenvalue weighted by Crippen LogP contribution is 2.27. The zero-order chi connectivity index (χ0) is 19.5. The standard InChI is InChI=1S/C19H14ClN5O2S/c20-14-4-2-1-3-12(14)10-25-11-13(5-6-16(25)26)18(27)23-15-9-22-24-17(15)19-21-7-8-28-19/h1-9,11H,10H2,(H,22,24)(H,23,27). The van der Waals surface area contributed by atoms with Crippen molar-refractivity contribution in [1.82, 2.24) is 19.7 Å². The van der Waals surface area contributed by atoms with Crippen molar-refractivity contribution in [3.8, 4) is 10.7 Å². The van der Waals surface area contributed by atoms with Gasteiger partial charge in [-0.1, -0.05) is 29.8 Å². The number of aromatic amines is 1. The van der Waals surface area contributed by atoms with Crippen LogP contribution in [0.3, 0.4) is 0 Å². The van der Waals surface area contributed by atoms with Crippen molar-refractivity contribution in [3.05, 3.63) is 86.9 Å². The molecule has 28 heavy (non-hydrogen) atoms. The zero-order valence-corrected chi connectivity index (χ0v) is 16.0. The van der Waals surface area contributed by atoms with E-state index in [4.69, 9.17) is 11.6 Å². The maximum Gasteiger partial charge on any atom is 0.257 e. The Hall–Kier alpha value is -3.23. The van der Waals surface area contributed by atoms with Gasteiger partial charge in [0.1, 0.15) is 10.7 Å². The molecule has 2 N–H and O–H groups in total. The molecule has 3 heterocycles. The maximum atomic E-state index is 12.7. The fraction of sp³-hybridized carbons (Fsp3) is 0.0526. The van der Waals surface area contributed by atoms with E-state index in [-0.39, 0.29) is 18.0 Å². The molecule has 0 aliphatic heterocycles. The van der Waals surface area contributed by atoms with Crippen molar-refractivity contribution in [3.63, 3.8) is 0 Å². The van der Waals surface area contributed by atoms with Gasteiger partial charge in [0.25, 0.3) is 11.5 Å². The number of rotatable bonds is 5. The van der Waals surface area contributed by atoms with Gasteiger partial charge in [0.2, 0.25) is 0 Å². The minimum atomic E-state index is -0.355. The summed E-state index contributed by atoms with van der Waals surface area (Å²) in [6.45, 7) is 0.274. The second kappa shape index (κ2) is 7.79. The van der Waals surface area contributed by atoms with Gasteiger partial charge >= 0.3 is 0 Å². The predicted molar refractivity (Wildman–Crippen MR) is 109 cm³/mol. The fourth-order valence-corrected chi connectivity index (χ4v) is 3.53. The van der Waals surface area contributed by atoms with Crippen LogP contribution in [0, 0.1) is 0 Å². The van der Waals surface area contributed by atoms with Gasteiger partial charge in [-0.2, -0.15) is 5.10 Å². The van der Waals surface area contributed by atoms with Crippen molar-refractivity contribution in [2.24, 2.45) is 0 Å². The normalized spacial score (nSPS) is 10.8. The first-order valence-corrected chi connectivity index (χ1v) is 9.56. The molecule has 0 aliphatic rings. The highest BCUT2D eigenvalue weighted by molar-refractivity contribution is 7.13. The number of thiazole rings is 1. The van der Waals surface area contributed by atoms with Crippen LogP contribution in [-0.4, -0.2) is 25.7 Å². The van der Waals surface area contributed by atoms with Crippen LogP contribution in [0.5, 0.6) is 0 Å². The molecule has 0 unspecified atom stereocenters. The summed E-state index contributed by atoms with van der Waals surface area (Å²) in [7, 11) is 0. The predicted octanol–water partition coefficient (Wildman–Crippen LogP) is 3.65. The van der Waals surface area contributed by atoms with Crippen LogP contribution < -0.4 is 10.9 Å². The van der Waals surface area contributed by atoms with E-state index in [2.05, 4.69) is 20.5 Å². The summed E-state index contributed by atoms with van der Waals surface area (Å²) in [4.78, 5) is 29.1. The molecular formula is C19H14ClN5O2S. The third-order valence-corrected chi connectivity index (χ3v) is 5.24. The van der Waals surface area contributed by atoms with Gasteiger partial charge in [0.15, 0.2) is 0 Å². The molecule has 1 aromatic carbocycles. The quantitative estimate of drug-likeness (QED) is 0.524. The molecule has 3 aromatic heterocycles. The number of benzene rings is 1. The summed E-state index contributed by atoms with van der Waals surface area (Å²) in [5, 5.41) is 12.8. The number of carbonyl (C=O) groups excluding carboxylic acids is 1. The monoisotopic (exact) mass is 411 g/mol. The number of hydrogen-bond acceptors (Lipinski definition) is 5. The van der Waals surface area contributed by atoms with Crippen molar-refractivity contribution < 1.29 is 4.79 Å². The summed E-state index contributed by atoms with van der Waals surface area (Å²) in [6.07, 6.45) is 4.72. The molecule has 0 bridgehead atoms. The van der Waals surface area contributed by atoms with Crippen molar-refractivity contribution >= 4 is 34.5 Å². The number of halogens is 1. The maximum absolute atomic E-state index is 12.7. The van der Waals surface area contributed by atoms with Crippen molar-refractivity contribution in [2.45, 2.75) is 6.54 Å². The summed E-state index contributed by atoms with van der Waals surface area (Å²) in [5.74, 6) is -0.355. The van der Waals surface area contributed by atoms with Crippen LogP contribution in [0.15, 0.2) is 65.2 Å². The van der Waals surface area contributed by atoms with E-state index in [0.29, 0.717) is 22.0 Å². The Morgan fingerprint density at radius 2 is 2.11 bits per heavy atom. The van der Waals surface area contributed by atoms with Crippen molar-refractivity contribution in [2.75, 3.05) is 5.32 Å². The minimum absolute atomic E-state index is 0.219. The number of hydrogen-bond donors (Lipinski definition) is 2. The molecule has 9 heteroatoms. The van der Waals surface area contributed by atoms with Crippen LogP contribution >= 0.6 is 22.9 Å². The number of nitrogens with zero attached hydrogens (tertiary/aromatic N) is 3. The average molecular weight is 412 g/mol. The fourth-order valence-electron chi connectivity index (χ4n) is 2.68. The topological polar surface area (TPSA) is 92.7 Å². The summed E-state index contributed by atoms with van der Waals surface area (Å²) in [6, 6.07) is 10.1. The lowest BCUT2D eigenvalue weighted by Gasteiger charge is -2.10. The molecule has 0 atom stereocenters. The van der Waals surface area contributed by atoms with E-state index < -0.39 is 0 Å². The van der Waals surface area contributed by atoms with E-state index in [9.17, 15) is 9.59 Å².